The summed E-state index contributed by atoms with van der Waals surface area (Å²) in [6, 6.07) is 13.5. The molecule has 0 atom stereocenters. The predicted molar refractivity (Wildman–Crippen MR) is 98.1 cm³/mol. The fourth-order valence-corrected chi connectivity index (χ4v) is 3.58. The number of fused-ring (bicyclic) bond motifs is 2. The number of para-hydroxylation sites is 1. The van der Waals surface area contributed by atoms with Crippen LogP contribution in [-0.4, -0.2) is 14.1 Å². The summed E-state index contributed by atoms with van der Waals surface area (Å²) in [5.74, 6) is 0. The number of rotatable bonds is 2. The van der Waals surface area contributed by atoms with Crippen molar-refractivity contribution in [3.63, 3.8) is 0 Å². The molecule has 2 aromatic heterocycles. The van der Waals surface area contributed by atoms with Gasteiger partial charge < -0.3 is 0 Å². The maximum Gasteiger partial charge on any atom is 0.331 e. The van der Waals surface area contributed by atoms with Crippen LogP contribution in [0.25, 0.3) is 10.9 Å². The van der Waals surface area contributed by atoms with Crippen molar-refractivity contribution in [2.45, 2.75) is 38.8 Å². The zero-order valence-electron chi connectivity index (χ0n) is 14.3. The Bertz CT molecular complexity index is 1150. The standard InChI is InChI=1S/C20H18N4O2/c21-12-16-18-8-2-1-5-11-23(18)20(26)24(19(16)25)13-15-10-9-14-6-3-4-7-17(14)22-15/h3-4,6-7,9-10H,1-2,5,8,11,13H2. The van der Waals surface area contributed by atoms with Gasteiger partial charge in [-0.25, -0.2) is 4.79 Å². The molecule has 6 nitrogen and oxygen atoms in total. The quantitative estimate of drug-likeness (QED) is 0.712. The monoisotopic (exact) mass is 346 g/mol. The van der Waals surface area contributed by atoms with Crippen LogP contribution in [-0.2, 0) is 19.5 Å². The maximum absolute atomic E-state index is 12.9. The van der Waals surface area contributed by atoms with Crippen LogP contribution >= 0.6 is 0 Å². The highest BCUT2D eigenvalue weighted by Crippen LogP contribution is 2.15. The van der Waals surface area contributed by atoms with Gasteiger partial charge in [0.25, 0.3) is 5.56 Å². The van der Waals surface area contributed by atoms with E-state index in [2.05, 4.69) is 4.98 Å². The Morgan fingerprint density at radius 3 is 2.77 bits per heavy atom. The van der Waals surface area contributed by atoms with E-state index in [1.807, 2.05) is 42.5 Å². The first-order valence-electron chi connectivity index (χ1n) is 8.80. The van der Waals surface area contributed by atoms with Crippen molar-refractivity contribution < 1.29 is 0 Å². The number of nitriles is 1. The van der Waals surface area contributed by atoms with Crippen LogP contribution in [0.3, 0.4) is 0 Å². The third-order valence-electron chi connectivity index (χ3n) is 4.92. The van der Waals surface area contributed by atoms with Gasteiger partial charge in [0, 0.05) is 17.6 Å². The van der Waals surface area contributed by atoms with Gasteiger partial charge in [-0.1, -0.05) is 30.7 Å². The molecule has 0 N–H and O–H groups in total. The zero-order chi connectivity index (χ0) is 18.1. The second-order valence-corrected chi connectivity index (χ2v) is 6.56. The summed E-state index contributed by atoms with van der Waals surface area (Å²) in [5, 5.41) is 10.5. The SMILES string of the molecule is N#Cc1c2n(c(=O)n(Cc3ccc4ccccc4n3)c1=O)CCCCC2. The molecule has 0 spiro atoms. The molecule has 0 aliphatic carbocycles. The molecule has 0 saturated heterocycles. The highest BCUT2D eigenvalue weighted by molar-refractivity contribution is 5.78. The van der Waals surface area contributed by atoms with Crippen LogP contribution in [0, 0.1) is 11.3 Å². The van der Waals surface area contributed by atoms with Gasteiger partial charge in [0.15, 0.2) is 0 Å². The Hall–Kier alpha value is -3.20. The minimum atomic E-state index is -0.513. The summed E-state index contributed by atoms with van der Waals surface area (Å²) in [6.45, 7) is 0.617. The Kier molecular flexibility index (Phi) is 4.13. The summed E-state index contributed by atoms with van der Waals surface area (Å²) in [5.41, 5.74) is 1.26. The van der Waals surface area contributed by atoms with E-state index in [-0.39, 0.29) is 17.8 Å². The third-order valence-corrected chi connectivity index (χ3v) is 4.92. The van der Waals surface area contributed by atoms with E-state index in [1.54, 1.807) is 4.57 Å². The third kappa shape index (κ3) is 2.72. The Morgan fingerprint density at radius 2 is 1.92 bits per heavy atom. The zero-order valence-corrected chi connectivity index (χ0v) is 14.3. The van der Waals surface area contributed by atoms with Crippen molar-refractivity contribution in [1.29, 1.82) is 5.26 Å². The molecule has 0 unspecified atom stereocenters. The highest BCUT2D eigenvalue weighted by Gasteiger charge is 2.20. The lowest BCUT2D eigenvalue weighted by atomic mass is 10.1. The van der Waals surface area contributed by atoms with Gasteiger partial charge in [-0.3, -0.25) is 18.9 Å². The van der Waals surface area contributed by atoms with Gasteiger partial charge in [0.1, 0.15) is 11.6 Å². The fraction of sp³-hybridized carbons (Fsp3) is 0.300. The van der Waals surface area contributed by atoms with Crippen LogP contribution in [0.4, 0.5) is 0 Å². The van der Waals surface area contributed by atoms with E-state index < -0.39 is 5.56 Å². The van der Waals surface area contributed by atoms with Crippen molar-refractivity contribution in [3.8, 4) is 6.07 Å². The molecule has 0 radical (unpaired) electrons. The minimum absolute atomic E-state index is 0.0669. The van der Waals surface area contributed by atoms with E-state index >= 15 is 0 Å². The smallest absolute Gasteiger partial charge is 0.296 e. The summed E-state index contributed by atoms with van der Waals surface area (Å²) >= 11 is 0. The highest BCUT2D eigenvalue weighted by atomic mass is 16.2. The summed E-state index contributed by atoms with van der Waals surface area (Å²) in [7, 11) is 0. The van der Waals surface area contributed by atoms with E-state index in [0.29, 0.717) is 24.4 Å². The van der Waals surface area contributed by atoms with E-state index in [9.17, 15) is 14.9 Å². The van der Waals surface area contributed by atoms with Gasteiger partial charge in [0.2, 0.25) is 0 Å². The van der Waals surface area contributed by atoms with Crippen molar-refractivity contribution in [1.82, 2.24) is 14.1 Å². The largest absolute Gasteiger partial charge is 0.331 e. The molecule has 0 amide bonds. The molecule has 4 rings (SSSR count). The second-order valence-electron chi connectivity index (χ2n) is 6.56. The molecule has 0 fully saturated rings. The molecule has 130 valence electrons. The molecule has 6 heteroatoms. The number of nitrogens with zero attached hydrogens (tertiary/aromatic N) is 4. The Morgan fingerprint density at radius 1 is 1.08 bits per heavy atom. The molecule has 1 aliphatic heterocycles. The van der Waals surface area contributed by atoms with Crippen LogP contribution in [0.15, 0.2) is 46.0 Å². The molecule has 26 heavy (non-hydrogen) atoms. The van der Waals surface area contributed by atoms with E-state index in [0.717, 1.165) is 34.7 Å². The van der Waals surface area contributed by atoms with Gasteiger partial charge in [-0.2, -0.15) is 5.26 Å². The van der Waals surface area contributed by atoms with E-state index in [4.69, 9.17) is 0 Å². The van der Waals surface area contributed by atoms with Crippen molar-refractivity contribution in [3.05, 3.63) is 74.2 Å². The number of benzene rings is 1. The van der Waals surface area contributed by atoms with Gasteiger partial charge in [-0.05, 0) is 31.4 Å². The normalized spacial score (nSPS) is 13.8. The first-order valence-corrected chi connectivity index (χ1v) is 8.80. The molecular formula is C20H18N4O2. The summed E-state index contributed by atoms with van der Waals surface area (Å²) in [6.07, 6.45) is 3.36. The lowest BCUT2D eigenvalue weighted by molar-refractivity contribution is 0.550. The summed E-state index contributed by atoms with van der Waals surface area (Å²) < 4.78 is 2.75. The minimum Gasteiger partial charge on any atom is -0.296 e. The number of aromatic nitrogens is 3. The Balaban J connectivity index is 1.86. The van der Waals surface area contributed by atoms with Crippen molar-refractivity contribution in [2.75, 3.05) is 0 Å². The van der Waals surface area contributed by atoms with Crippen molar-refractivity contribution in [2.24, 2.45) is 0 Å². The maximum atomic E-state index is 12.9. The van der Waals surface area contributed by atoms with Crippen LogP contribution in [0.1, 0.15) is 36.2 Å². The first kappa shape index (κ1) is 16.3. The molecular weight excluding hydrogens is 328 g/mol. The number of hydrogen-bond acceptors (Lipinski definition) is 4. The number of hydrogen-bond donors (Lipinski definition) is 0. The topological polar surface area (TPSA) is 80.7 Å². The number of pyridine rings is 1. The van der Waals surface area contributed by atoms with E-state index in [1.165, 1.54) is 0 Å². The molecule has 3 heterocycles. The molecule has 3 aromatic rings. The van der Waals surface area contributed by atoms with Crippen LogP contribution < -0.4 is 11.2 Å². The average Bonchev–Trinajstić information content (AvgIpc) is 2.92. The van der Waals surface area contributed by atoms with Gasteiger partial charge in [-0.15, -0.1) is 0 Å². The lowest BCUT2D eigenvalue weighted by Crippen LogP contribution is -2.43. The predicted octanol–water partition coefficient (Wildman–Crippen LogP) is 2.20. The molecule has 0 bridgehead atoms. The Labute approximate surface area is 150 Å². The van der Waals surface area contributed by atoms with Crippen LogP contribution in [0.5, 0.6) is 0 Å². The van der Waals surface area contributed by atoms with Gasteiger partial charge >= 0.3 is 5.69 Å². The fourth-order valence-electron chi connectivity index (χ4n) is 3.58. The first-order chi connectivity index (χ1) is 12.7. The van der Waals surface area contributed by atoms with Crippen LogP contribution in [0.2, 0.25) is 0 Å². The molecule has 0 saturated carbocycles. The lowest BCUT2D eigenvalue weighted by Gasteiger charge is -2.14. The summed E-state index contributed by atoms with van der Waals surface area (Å²) in [4.78, 5) is 30.2. The second kappa shape index (κ2) is 6.60. The average molecular weight is 346 g/mol. The van der Waals surface area contributed by atoms with Gasteiger partial charge in [0.05, 0.1) is 17.8 Å². The molecule has 1 aromatic carbocycles. The molecule has 1 aliphatic rings. The van der Waals surface area contributed by atoms with Crippen molar-refractivity contribution >= 4 is 10.9 Å².